The van der Waals surface area contributed by atoms with Crippen molar-refractivity contribution >= 4 is 5.97 Å². The van der Waals surface area contributed by atoms with Crippen LogP contribution in [0.1, 0.15) is 34.5 Å². The Bertz CT molecular complexity index is 596. The van der Waals surface area contributed by atoms with E-state index in [4.69, 9.17) is 5.11 Å². The molecule has 20 heavy (non-hydrogen) atoms. The Morgan fingerprint density at radius 3 is 2.50 bits per heavy atom. The van der Waals surface area contributed by atoms with Crippen LogP contribution in [0.2, 0.25) is 0 Å². The van der Waals surface area contributed by atoms with Crippen molar-refractivity contribution in [1.82, 2.24) is 5.32 Å². The first kappa shape index (κ1) is 14.2. The average molecular weight is 273 g/mol. The third kappa shape index (κ3) is 3.42. The second kappa shape index (κ2) is 6.30. The lowest BCUT2D eigenvalue weighted by Gasteiger charge is -2.15. The molecule has 0 aliphatic rings. The minimum Gasteiger partial charge on any atom is -0.478 e. The first-order valence-electron chi connectivity index (χ1n) is 6.38. The first-order valence-corrected chi connectivity index (χ1v) is 6.38. The minimum atomic E-state index is -0.933. The van der Waals surface area contributed by atoms with Crippen molar-refractivity contribution in [3.8, 4) is 0 Å². The Labute approximate surface area is 117 Å². The summed E-state index contributed by atoms with van der Waals surface area (Å²) in [6.07, 6.45) is 0. The molecule has 2 N–H and O–H groups in total. The highest BCUT2D eigenvalue weighted by atomic mass is 19.1. The average Bonchev–Trinajstić information content (AvgIpc) is 2.45. The fraction of sp³-hybridized carbons (Fsp3) is 0.188. The molecule has 1 atom stereocenters. The number of carboxylic acids is 1. The van der Waals surface area contributed by atoms with Gasteiger partial charge in [-0.15, -0.1) is 0 Å². The van der Waals surface area contributed by atoms with Crippen molar-refractivity contribution in [2.45, 2.75) is 19.5 Å². The number of carbonyl (C=O) groups is 1. The molecule has 0 amide bonds. The van der Waals surface area contributed by atoms with Gasteiger partial charge in [0.1, 0.15) is 5.82 Å². The fourth-order valence-corrected chi connectivity index (χ4v) is 2.02. The normalized spacial score (nSPS) is 12.1. The Balaban J connectivity index is 2.05. The molecule has 0 aliphatic carbocycles. The number of rotatable bonds is 5. The van der Waals surface area contributed by atoms with Crippen LogP contribution in [-0.2, 0) is 6.54 Å². The maximum absolute atomic E-state index is 12.9. The molecule has 0 aliphatic heterocycles. The molecule has 0 unspecified atom stereocenters. The number of carboxylic acid groups (broad SMARTS) is 1. The summed E-state index contributed by atoms with van der Waals surface area (Å²) in [6.45, 7) is 2.40. The van der Waals surface area contributed by atoms with Gasteiger partial charge in [-0.1, -0.05) is 30.3 Å². The summed E-state index contributed by atoms with van der Waals surface area (Å²) in [5.41, 5.74) is 1.99. The van der Waals surface area contributed by atoms with Gasteiger partial charge in [-0.25, -0.2) is 9.18 Å². The number of benzene rings is 2. The summed E-state index contributed by atoms with van der Waals surface area (Å²) in [5.74, 6) is -1.20. The molecule has 4 heteroatoms. The van der Waals surface area contributed by atoms with Crippen LogP contribution in [-0.4, -0.2) is 11.1 Å². The molecule has 0 heterocycles. The molecule has 3 nitrogen and oxygen atoms in total. The van der Waals surface area contributed by atoms with E-state index in [2.05, 4.69) is 5.32 Å². The SMILES string of the molecule is C[C@@H](NCc1ccccc1C(=O)O)c1ccc(F)cc1. The second-order valence-corrected chi connectivity index (χ2v) is 4.62. The zero-order valence-electron chi connectivity index (χ0n) is 11.1. The van der Waals surface area contributed by atoms with Gasteiger partial charge in [-0.05, 0) is 36.2 Å². The molecular formula is C16H16FNO2. The van der Waals surface area contributed by atoms with Crippen LogP contribution in [0.3, 0.4) is 0 Å². The summed E-state index contributed by atoms with van der Waals surface area (Å²) in [6, 6.07) is 13.2. The summed E-state index contributed by atoms with van der Waals surface area (Å²) in [5, 5.41) is 12.4. The van der Waals surface area contributed by atoms with Crippen molar-refractivity contribution < 1.29 is 14.3 Å². The molecule has 2 aromatic carbocycles. The highest BCUT2D eigenvalue weighted by molar-refractivity contribution is 5.89. The molecular weight excluding hydrogens is 257 g/mol. The Morgan fingerprint density at radius 1 is 1.20 bits per heavy atom. The summed E-state index contributed by atoms with van der Waals surface area (Å²) < 4.78 is 12.9. The van der Waals surface area contributed by atoms with Gasteiger partial charge >= 0.3 is 5.97 Å². The molecule has 0 aromatic heterocycles. The van der Waals surface area contributed by atoms with Gasteiger partial charge in [0.05, 0.1) is 5.56 Å². The predicted molar refractivity (Wildman–Crippen MR) is 75.1 cm³/mol. The number of halogens is 1. The van der Waals surface area contributed by atoms with Gasteiger partial charge in [0.15, 0.2) is 0 Å². The molecule has 0 fully saturated rings. The van der Waals surface area contributed by atoms with E-state index in [0.29, 0.717) is 12.1 Å². The van der Waals surface area contributed by atoms with E-state index in [9.17, 15) is 9.18 Å². The number of hydrogen-bond donors (Lipinski definition) is 2. The van der Waals surface area contributed by atoms with Crippen LogP contribution in [0.25, 0.3) is 0 Å². The topological polar surface area (TPSA) is 49.3 Å². The van der Waals surface area contributed by atoms with Gasteiger partial charge in [0, 0.05) is 12.6 Å². The number of hydrogen-bond acceptors (Lipinski definition) is 2. The third-order valence-electron chi connectivity index (χ3n) is 3.22. The zero-order valence-corrected chi connectivity index (χ0v) is 11.1. The minimum absolute atomic E-state index is 0.0115. The quantitative estimate of drug-likeness (QED) is 0.878. The Kier molecular flexibility index (Phi) is 4.48. The lowest BCUT2D eigenvalue weighted by atomic mass is 10.1. The van der Waals surface area contributed by atoms with Crippen LogP contribution < -0.4 is 5.32 Å². The first-order chi connectivity index (χ1) is 9.58. The third-order valence-corrected chi connectivity index (χ3v) is 3.22. The predicted octanol–water partition coefficient (Wildman–Crippen LogP) is 3.37. The molecule has 2 rings (SSSR count). The molecule has 0 saturated heterocycles. The van der Waals surface area contributed by atoms with E-state index in [1.54, 1.807) is 30.3 Å². The highest BCUT2D eigenvalue weighted by Gasteiger charge is 2.10. The van der Waals surface area contributed by atoms with E-state index in [-0.39, 0.29) is 11.9 Å². The number of nitrogens with one attached hydrogen (secondary N) is 1. The maximum atomic E-state index is 12.9. The smallest absolute Gasteiger partial charge is 0.336 e. The van der Waals surface area contributed by atoms with E-state index in [0.717, 1.165) is 11.1 Å². The fourth-order valence-electron chi connectivity index (χ4n) is 2.02. The van der Waals surface area contributed by atoms with E-state index in [1.807, 2.05) is 13.0 Å². The van der Waals surface area contributed by atoms with Crippen molar-refractivity contribution in [1.29, 1.82) is 0 Å². The monoisotopic (exact) mass is 273 g/mol. The zero-order chi connectivity index (χ0) is 14.5. The van der Waals surface area contributed by atoms with Gasteiger partial charge in [-0.3, -0.25) is 0 Å². The maximum Gasteiger partial charge on any atom is 0.336 e. The van der Waals surface area contributed by atoms with E-state index >= 15 is 0 Å². The van der Waals surface area contributed by atoms with Crippen LogP contribution >= 0.6 is 0 Å². The lowest BCUT2D eigenvalue weighted by Crippen LogP contribution is -2.19. The van der Waals surface area contributed by atoms with E-state index < -0.39 is 5.97 Å². The molecule has 0 radical (unpaired) electrons. The molecule has 0 spiro atoms. The van der Waals surface area contributed by atoms with Crippen LogP contribution in [0, 0.1) is 5.82 Å². The largest absolute Gasteiger partial charge is 0.478 e. The number of aromatic carboxylic acids is 1. The Hall–Kier alpha value is -2.20. The summed E-state index contributed by atoms with van der Waals surface area (Å²) in [4.78, 5) is 11.1. The Morgan fingerprint density at radius 2 is 1.85 bits per heavy atom. The van der Waals surface area contributed by atoms with Crippen LogP contribution in [0.5, 0.6) is 0 Å². The van der Waals surface area contributed by atoms with Crippen molar-refractivity contribution in [3.05, 3.63) is 71.0 Å². The van der Waals surface area contributed by atoms with Gasteiger partial charge in [0.25, 0.3) is 0 Å². The van der Waals surface area contributed by atoms with E-state index in [1.165, 1.54) is 12.1 Å². The van der Waals surface area contributed by atoms with Crippen LogP contribution in [0.4, 0.5) is 4.39 Å². The van der Waals surface area contributed by atoms with Gasteiger partial charge in [0.2, 0.25) is 0 Å². The van der Waals surface area contributed by atoms with Crippen molar-refractivity contribution in [3.63, 3.8) is 0 Å². The molecule has 0 bridgehead atoms. The van der Waals surface area contributed by atoms with Gasteiger partial charge < -0.3 is 10.4 Å². The molecule has 0 saturated carbocycles. The lowest BCUT2D eigenvalue weighted by molar-refractivity contribution is 0.0695. The molecule has 2 aromatic rings. The molecule has 104 valence electrons. The second-order valence-electron chi connectivity index (χ2n) is 4.62. The van der Waals surface area contributed by atoms with Crippen LogP contribution in [0.15, 0.2) is 48.5 Å². The highest BCUT2D eigenvalue weighted by Crippen LogP contribution is 2.15. The van der Waals surface area contributed by atoms with Crippen molar-refractivity contribution in [2.24, 2.45) is 0 Å². The summed E-state index contributed by atoms with van der Waals surface area (Å²) in [7, 11) is 0. The standard InChI is InChI=1S/C16H16FNO2/c1-11(12-6-8-14(17)9-7-12)18-10-13-4-2-3-5-15(13)16(19)20/h2-9,11,18H,10H2,1H3,(H,19,20)/t11-/m1/s1. The summed E-state index contributed by atoms with van der Waals surface area (Å²) >= 11 is 0. The van der Waals surface area contributed by atoms with Crippen molar-refractivity contribution in [2.75, 3.05) is 0 Å². The van der Waals surface area contributed by atoms with Gasteiger partial charge in [-0.2, -0.15) is 0 Å².